The van der Waals surface area contributed by atoms with E-state index in [2.05, 4.69) is 6.08 Å². The second-order valence-corrected chi connectivity index (χ2v) is 4.38. The molecule has 0 N–H and O–H groups in total. The Morgan fingerprint density at radius 1 is 1.33 bits per heavy atom. The molecule has 0 amide bonds. The molecule has 15 heavy (non-hydrogen) atoms. The molecule has 0 aromatic heterocycles. The third kappa shape index (κ3) is 4.50. The first-order chi connectivity index (χ1) is 7.24. The molecule has 0 atom stereocenters. The van der Waals surface area contributed by atoms with E-state index in [1.54, 1.807) is 0 Å². The topological polar surface area (TPSA) is 26.3 Å². The van der Waals surface area contributed by atoms with Crippen molar-refractivity contribution in [3.05, 3.63) is 11.6 Å². The lowest BCUT2D eigenvalue weighted by Crippen LogP contribution is -2.10. The highest BCUT2D eigenvalue weighted by Gasteiger charge is 2.13. The molecule has 0 spiro atoms. The molecule has 0 aromatic carbocycles. The lowest BCUT2D eigenvalue weighted by molar-refractivity contribution is -0.139. The molecular weight excluding hydrogens is 188 g/mol. The highest BCUT2D eigenvalue weighted by molar-refractivity contribution is 5.87. The smallest absolute Gasteiger partial charge is 0.333 e. The number of hydrogen-bond acceptors (Lipinski definition) is 2. The van der Waals surface area contributed by atoms with Gasteiger partial charge in [0.1, 0.15) is 0 Å². The Kier molecular flexibility index (Phi) is 5.44. The van der Waals surface area contributed by atoms with Crippen molar-refractivity contribution in [3.8, 4) is 0 Å². The summed E-state index contributed by atoms with van der Waals surface area (Å²) >= 11 is 0. The minimum atomic E-state index is -0.137. The largest absolute Gasteiger partial charge is 0.462 e. The molecule has 1 saturated carbocycles. The van der Waals surface area contributed by atoms with Gasteiger partial charge in [0.2, 0.25) is 0 Å². The van der Waals surface area contributed by atoms with Gasteiger partial charge >= 0.3 is 5.97 Å². The fraction of sp³-hybridized carbons (Fsp3) is 0.769. The molecule has 1 rings (SSSR count). The molecule has 86 valence electrons. The quantitative estimate of drug-likeness (QED) is 0.524. The Labute approximate surface area is 92.7 Å². The van der Waals surface area contributed by atoms with Crippen molar-refractivity contribution < 1.29 is 9.53 Å². The number of carbonyl (C=O) groups excluding carboxylic acids is 1. The van der Waals surface area contributed by atoms with Crippen LogP contribution in [0.3, 0.4) is 0 Å². The highest BCUT2D eigenvalue weighted by Crippen LogP contribution is 2.25. The maximum atomic E-state index is 11.5. The number of ether oxygens (including phenoxy) is 1. The fourth-order valence-electron chi connectivity index (χ4n) is 2.03. The predicted molar refractivity (Wildman–Crippen MR) is 61.6 cm³/mol. The van der Waals surface area contributed by atoms with E-state index in [-0.39, 0.29) is 5.97 Å². The molecule has 1 fully saturated rings. The molecule has 0 bridgehead atoms. The summed E-state index contributed by atoms with van der Waals surface area (Å²) in [5.74, 6) is 0.468. The van der Waals surface area contributed by atoms with Crippen LogP contribution in [0.4, 0.5) is 0 Å². The summed E-state index contributed by atoms with van der Waals surface area (Å²) in [6, 6.07) is 0. The SMILES string of the molecule is CCCOC(=O)C(C)=CC1CCCCC1. The predicted octanol–water partition coefficient (Wildman–Crippen LogP) is 3.47. The molecule has 0 heterocycles. The molecule has 0 saturated heterocycles. The zero-order chi connectivity index (χ0) is 11.1. The van der Waals surface area contributed by atoms with Crippen molar-refractivity contribution in [2.24, 2.45) is 5.92 Å². The van der Waals surface area contributed by atoms with Crippen LogP contribution in [0.2, 0.25) is 0 Å². The molecule has 1 aliphatic rings. The van der Waals surface area contributed by atoms with Crippen molar-refractivity contribution in [3.63, 3.8) is 0 Å². The third-order valence-electron chi connectivity index (χ3n) is 2.89. The third-order valence-corrected chi connectivity index (χ3v) is 2.89. The van der Waals surface area contributed by atoms with E-state index in [4.69, 9.17) is 4.74 Å². The van der Waals surface area contributed by atoms with Gasteiger partial charge in [-0.15, -0.1) is 0 Å². The average Bonchev–Trinajstić information content (AvgIpc) is 2.27. The van der Waals surface area contributed by atoms with Gasteiger partial charge < -0.3 is 4.74 Å². The van der Waals surface area contributed by atoms with E-state index in [0.29, 0.717) is 12.5 Å². The van der Waals surface area contributed by atoms with Gasteiger partial charge in [-0.2, -0.15) is 0 Å². The Morgan fingerprint density at radius 3 is 2.60 bits per heavy atom. The first-order valence-corrected chi connectivity index (χ1v) is 6.09. The number of allylic oxidation sites excluding steroid dienone is 1. The molecule has 1 aliphatic carbocycles. The lowest BCUT2D eigenvalue weighted by atomic mass is 9.88. The van der Waals surface area contributed by atoms with E-state index in [1.807, 2.05) is 13.8 Å². The number of rotatable bonds is 4. The number of hydrogen-bond donors (Lipinski definition) is 0. The molecule has 0 aromatic rings. The molecule has 0 aliphatic heterocycles. The van der Waals surface area contributed by atoms with Gasteiger partial charge in [-0.05, 0) is 32.1 Å². The van der Waals surface area contributed by atoms with Crippen molar-refractivity contribution in [1.82, 2.24) is 0 Å². The Hall–Kier alpha value is -0.790. The summed E-state index contributed by atoms with van der Waals surface area (Å²) in [5, 5.41) is 0. The van der Waals surface area contributed by atoms with Gasteiger partial charge in [-0.3, -0.25) is 0 Å². The zero-order valence-corrected chi connectivity index (χ0v) is 9.92. The van der Waals surface area contributed by atoms with Gasteiger partial charge in [0.25, 0.3) is 0 Å². The maximum Gasteiger partial charge on any atom is 0.333 e. The first kappa shape index (κ1) is 12.3. The molecule has 0 radical (unpaired) electrons. The summed E-state index contributed by atoms with van der Waals surface area (Å²) in [5.41, 5.74) is 0.787. The van der Waals surface area contributed by atoms with Crippen LogP contribution >= 0.6 is 0 Å². The average molecular weight is 210 g/mol. The van der Waals surface area contributed by atoms with Crippen LogP contribution in [-0.4, -0.2) is 12.6 Å². The van der Waals surface area contributed by atoms with Crippen molar-refractivity contribution in [2.75, 3.05) is 6.61 Å². The lowest BCUT2D eigenvalue weighted by Gasteiger charge is -2.18. The summed E-state index contributed by atoms with van der Waals surface area (Å²) in [4.78, 5) is 11.5. The van der Waals surface area contributed by atoms with E-state index >= 15 is 0 Å². The van der Waals surface area contributed by atoms with Crippen LogP contribution in [0.5, 0.6) is 0 Å². The molecular formula is C13H22O2. The minimum Gasteiger partial charge on any atom is -0.462 e. The van der Waals surface area contributed by atoms with Crippen LogP contribution in [0, 0.1) is 5.92 Å². The summed E-state index contributed by atoms with van der Waals surface area (Å²) in [6.45, 7) is 4.41. The van der Waals surface area contributed by atoms with Gasteiger partial charge in [-0.1, -0.05) is 32.3 Å². The van der Waals surface area contributed by atoms with E-state index < -0.39 is 0 Å². The second-order valence-electron chi connectivity index (χ2n) is 4.38. The monoisotopic (exact) mass is 210 g/mol. The van der Waals surface area contributed by atoms with Crippen molar-refractivity contribution in [2.45, 2.75) is 52.4 Å². The van der Waals surface area contributed by atoms with E-state index in [1.165, 1.54) is 32.1 Å². The standard InChI is InChI=1S/C13H22O2/c1-3-9-15-13(14)11(2)10-12-7-5-4-6-8-12/h10,12H,3-9H2,1-2H3. The summed E-state index contributed by atoms with van der Waals surface area (Å²) in [7, 11) is 0. The van der Waals surface area contributed by atoms with Gasteiger partial charge in [0, 0.05) is 5.57 Å². The van der Waals surface area contributed by atoms with Crippen LogP contribution in [0.25, 0.3) is 0 Å². The molecule has 2 nitrogen and oxygen atoms in total. The van der Waals surface area contributed by atoms with Gasteiger partial charge in [0.05, 0.1) is 6.61 Å². The maximum absolute atomic E-state index is 11.5. The number of esters is 1. The van der Waals surface area contributed by atoms with E-state index in [9.17, 15) is 4.79 Å². The van der Waals surface area contributed by atoms with Crippen LogP contribution in [-0.2, 0) is 9.53 Å². The summed E-state index contributed by atoms with van der Waals surface area (Å²) < 4.78 is 5.09. The molecule has 0 unspecified atom stereocenters. The van der Waals surface area contributed by atoms with Crippen LogP contribution in [0.1, 0.15) is 52.4 Å². The van der Waals surface area contributed by atoms with Crippen molar-refractivity contribution >= 4 is 5.97 Å². The highest BCUT2D eigenvalue weighted by atomic mass is 16.5. The Morgan fingerprint density at radius 2 is 2.00 bits per heavy atom. The van der Waals surface area contributed by atoms with Crippen molar-refractivity contribution in [1.29, 1.82) is 0 Å². The van der Waals surface area contributed by atoms with Crippen LogP contribution in [0.15, 0.2) is 11.6 Å². The van der Waals surface area contributed by atoms with Gasteiger partial charge in [0.15, 0.2) is 0 Å². The summed E-state index contributed by atoms with van der Waals surface area (Å²) in [6.07, 6.45) is 9.43. The Bertz CT molecular complexity index is 225. The number of carbonyl (C=O) groups is 1. The second kappa shape index (κ2) is 6.65. The minimum absolute atomic E-state index is 0.137. The van der Waals surface area contributed by atoms with Gasteiger partial charge in [-0.25, -0.2) is 4.79 Å². The molecule has 2 heteroatoms. The van der Waals surface area contributed by atoms with Crippen LogP contribution < -0.4 is 0 Å². The van der Waals surface area contributed by atoms with E-state index in [0.717, 1.165) is 12.0 Å². The zero-order valence-electron chi connectivity index (χ0n) is 9.92. The normalized spacial score (nSPS) is 18.9. The first-order valence-electron chi connectivity index (χ1n) is 6.09. The Balaban J connectivity index is 2.39. The fourth-order valence-corrected chi connectivity index (χ4v) is 2.03.